The van der Waals surface area contributed by atoms with Crippen LogP contribution in [0.1, 0.15) is 17.4 Å². The van der Waals surface area contributed by atoms with Crippen LogP contribution in [-0.2, 0) is 11.3 Å². The van der Waals surface area contributed by atoms with Crippen molar-refractivity contribution >= 4 is 0 Å². The monoisotopic (exact) mass is 212 g/mol. The summed E-state index contributed by atoms with van der Waals surface area (Å²) >= 11 is 0. The van der Waals surface area contributed by atoms with Crippen LogP contribution in [0.4, 0.5) is 0 Å². The molecular formula is C14H14NO. The van der Waals surface area contributed by atoms with Crippen LogP contribution in [0.5, 0.6) is 0 Å². The van der Waals surface area contributed by atoms with Gasteiger partial charge in [-0.2, -0.15) is 0 Å². The van der Waals surface area contributed by atoms with Gasteiger partial charge in [-0.1, -0.05) is 48.5 Å². The topological polar surface area (TPSA) is 35.2 Å². The molecule has 0 aromatic heterocycles. The summed E-state index contributed by atoms with van der Waals surface area (Å²) in [5.41, 5.74) is 7.97. The molecule has 0 saturated carbocycles. The van der Waals surface area contributed by atoms with Gasteiger partial charge >= 0.3 is 0 Å². The largest absolute Gasteiger partial charge is 0.355 e. The average molecular weight is 212 g/mol. The zero-order valence-corrected chi connectivity index (χ0v) is 8.97. The SMILES string of the molecule is NC(OCc1ccccc1)c1c[c]ccc1. The predicted molar refractivity (Wildman–Crippen MR) is 63.4 cm³/mol. The molecule has 1 unspecified atom stereocenters. The molecule has 0 saturated heterocycles. The summed E-state index contributed by atoms with van der Waals surface area (Å²) in [4.78, 5) is 0. The van der Waals surface area contributed by atoms with Crippen molar-refractivity contribution < 1.29 is 4.74 Å². The molecule has 2 heteroatoms. The molecule has 2 aromatic carbocycles. The lowest BCUT2D eigenvalue weighted by Gasteiger charge is -2.13. The number of nitrogens with two attached hydrogens (primary N) is 1. The van der Waals surface area contributed by atoms with Crippen molar-refractivity contribution in [1.82, 2.24) is 0 Å². The average Bonchev–Trinajstić information content (AvgIpc) is 2.38. The molecule has 0 aliphatic heterocycles. The maximum absolute atomic E-state index is 5.90. The van der Waals surface area contributed by atoms with E-state index in [0.717, 1.165) is 11.1 Å². The Morgan fingerprint density at radius 2 is 1.94 bits per heavy atom. The zero-order valence-electron chi connectivity index (χ0n) is 8.97. The van der Waals surface area contributed by atoms with Gasteiger partial charge in [0.05, 0.1) is 6.61 Å². The Bertz CT molecular complexity index is 413. The molecule has 0 aliphatic carbocycles. The minimum atomic E-state index is -0.391. The molecule has 1 radical (unpaired) electrons. The van der Waals surface area contributed by atoms with Crippen LogP contribution in [0.3, 0.4) is 0 Å². The lowest BCUT2D eigenvalue weighted by molar-refractivity contribution is 0.0441. The molecule has 2 N–H and O–H groups in total. The fourth-order valence-corrected chi connectivity index (χ4v) is 1.44. The van der Waals surface area contributed by atoms with Gasteiger partial charge in [0.1, 0.15) is 6.23 Å². The number of rotatable bonds is 4. The van der Waals surface area contributed by atoms with Crippen molar-refractivity contribution in [2.24, 2.45) is 5.73 Å². The van der Waals surface area contributed by atoms with Gasteiger partial charge < -0.3 is 10.5 Å². The maximum atomic E-state index is 5.90. The molecule has 0 amide bonds. The third kappa shape index (κ3) is 2.92. The summed E-state index contributed by atoms with van der Waals surface area (Å²) in [6, 6.07) is 20.5. The first-order valence-corrected chi connectivity index (χ1v) is 5.23. The number of hydrogen-bond acceptors (Lipinski definition) is 2. The third-order valence-corrected chi connectivity index (χ3v) is 2.33. The van der Waals surface area contributed by atoms with Crippen molar-refractivity contribution in [3.8, 4) is 0 Å². The van der Waals surface area contributed by atoms with E-state index in [0.29, 0.717) is 6.61 Å². The number of ether oxygens (including phenoxy) is 1. The normalized spacial score (nSPS) is 12.3. The first-order chi connectivity index (χ1) is 7.86. The highest BCUT2D eigenvalue weighted by Gasteiger charge is 2.04. The minimum absolute atomic E-state index is 0.391. The molecule has 1 atom stereocenters. The van der Waals surface area contributed by atoms with E-state index in [-0.39, 0.29) is 0 Å². The Labute approximate surface area is 95.7 Å². The van der Waals surface area contributed by atoms with E-state index in [1.165, 1.54) is 0 Å². The molecule has 0 spiro atoms. The molecule has 2 nitrogen and oxygen atoms in total. The van der Waals surface area contributed by atoms with Crippen LogP contribution in [0, 0.1) is 6.07 Å². The van der Waals surface area contributed by atoms with Gasteiger partial charge in [0.2, 0.25) is 0 Å². The molecular weight excluding hydrogens is 198 g/mol. The Hall–Kier alpha value is -1.64. The summed E-state index contributed by atoms with van der Waals surface area (Å²) in [5, 5.41) is 0. The van der Waals surface area contributed by atoms with Crippen LogP contribution in [0.2, 0.25) is 0 Å². The van der Waals surface area contributed by atoms with E-state index in [1.807, 2.05) is 54.6 Å². The maximum Gasteiger partial charge on any atom is 0.132 e. The lowest BCUT2D eigenvalue weighted by Crippen LogP contribution is -2.14. The first-order valence-electron chi connectivity index (χ1n) is 5.23. The summed E-state index contributed by atoms with van der Waals surface area (Å²) in [5.74, 6) is 0. The summed E-state index contributed by atoms with van der Waals surface area (Å²) in [6.07, 6.45) is -0.391. The molecule has 2 rings (SSSR count). The van der Waals surface area contributed by atoms with Gasteiger partial charge in [-0.15, -0.1) is 0 Å². The molecule has 81 valence electrons. The van der Waals surface area contributed by atoms with Gasteiger partial charge in [0.15, 0.2) is 0 Å². The quantitative estimate of drug-likeness (QED) is 0.791. The van der Waals surface area contributed by atoms with Gasteiger partial charge in [0, 0.05) is 0 Å². The molecule has 2 aromatic rings. The van der Waals surface area contributed by atoms with Crippen molar-refractivity contribution in [3.63, 3.8) is 0 Å². The lowest BCUT2D eigenvalue weighted by atomic mass is 10.2. The molecule has 0 aliphatic rings. The number of hydrogen-bond donors (Lipinski definition) is 1. The Morgan fingerprint density at radius 1 is 1.12 bits per heavy atom. The smallest absolute Gasteiger partial charge is 0.132 e. The van der Waals surface area contributed by atoms with E-state index in [9.17, 15) is 0 Å². The van der Waals surface area contributed by atoms with Crippen LogP contribution in [-0.4, -0.2) is 0 Å². The van der Waals surface area contributed by atoms with Gasteiger partial charge in [0.25, 0.3) is 0 Å². The third-order valence-electron chi connectivity index (χ3n) is 2.33. The van der Waals surface area contributed by atoms with E-state index in [1.54, 1.807) is 0 Å². The highest BCUT2D eigenvalue weighted by Crippen LogP contribution is 2.13. The van der Waals surface area contributed by atoms with Gasteiger partial charge in [-0.05, 0) is 23.3 Å². The fourth-order valence-electron chi connectivity index (χ4n) is 1.44. The van der Waals surface area contributed by atoms with Gasteiger partial charge in [-0.25, -0.2) is 0 Å². The Balaban J connectivity index is 1.92. The van der Waals surface area contributed by atoms with Crippen molar-refractivity contribution in [2.75, 3.05) is 0 Å². The van der Waals surface area contributed by atoms with Crippen molar-refractivity contribution in [3.05, 3.63) is 71.8 Å². The summed E-state index contributed by atoms with van der Waals surface area (Å²) in [6.45, 7) is 0.525. The van der Waals surface area contributed by atoms with Crippen molar-refractivity contribution in [1.29, 1.82) is 0 Å². The predicted octanol–water partition coefficient (Wildman–Crippen LogP) is 2.66. The van der Waals surface area contributed by atoms with Crippen LogP contribution in [0.25, 0.3) is 0 Å². The van der Waals surface area contributed by atoms with Crippen LogP contribution >= 0.6 is 0 Å². The summed E-state index contributed by atoms with van der Waals surface area (Å²) in [7, 11) is 0. The molecule has 16 heavy (non-hydrogen) atoms. The van der Waals surface area contributed by atoms with E-state index < -0.39 is 6.23 Å². The molecule has 0 fully saturated rings. The Kier molecular flexibility index (Phi) is 3.70. The van der Waals surface area contributed by atoms with E-state index in [4.69, 9.17) is 10.5 Å². The second-order valence-corrected chi connectivity index (χ2v) is 3.55. The molecule has 0 heterocycles. The van der Waals surface area contributed by atoms with Crippen LogP contribution < -0.4 is 5.73 Å². The zero-order chi connectivity index (χ0) is 11.2. The number of benzene rings is 2. The second-order valence-electron chi connectivity index (χ2n) is 3.55. The first kappa shape index (κ1) is 10.9. The van der Waals surface area contributed by atoms with Crippen molar-refractivity contribution in [2.45, 2.75) is 12.8 Å². The Morgan fingerprint density at radius 3 is 2.62 bits per heavy atom. The van der Waals surface area contributed by atoms with E-state index in [2.05, 4.69) is 6.07 Å². The van der Waals surface area contributed by atoms with Gasteiger partial charge in [-0.3, -0.25) is 0 Å². The highest BCUT2D eigenvalue weighted by molar-refractivity contribution is 5.16. The summed E-state index contributed by atoms with van der Waals surface area (Å²) < 4.78 is 5.57. The van der Waals surface area contributed by atoms with E-state index >= 15 is 0 Å². The second kappa shape index (κ2) is 5.45. The molecule has 0 bridgehead atoms. The fraction of sp³-hybridized carbons (Fsp3) is 0.143. The van der Waals surface area contributed by atoms with Crippen LogP contribution in [0.15, 0.2) is 54.6 Å². The highest BCUT2D eigenvalue weighted by atomic mass is 16.5. The minimum Gasteiger partial charge on any atom is -0.355 e. The standard InChI is InChI=1S/C14H14NO/c15-14(13-9-5-2-6-10-13)16-11-12-7-3-1-4-8-12/h1-5,7-10,14H,11,15H2.